The average Bonchev–Trinajstić information content (AvgIpc) is 3.20. The molecule has 8 heteroatoms. The molecule has 1 aliphatic rings. The van der Waals surface area contributed by atoms with Crippen LogP contribution in [0.2, 0.25) is 0 Å². The number of nitrogens with zero attached hydrogens (tertiary/aromatic N) is 2. The fraction of sp³-hybridized carbons (Fsp3) is 0.312. The molecule has 4 rings (SSSR count). The molecule has 40 heavy (non-hydrogen) atoms. The highest BCUT2D eigenvalue weighted by atomic mass is 19.2. The highest BCUT2D eigenvalue weighted by Crippen LogP contribution is 2.43. The molecule has 3 aromatic carbocycles. The molecule has 210 valence electrons. The van der Waals surface area contributed by atoms with Gasteiger partial charge >= 0.3 is 0 Å². The molecule has 1 atom stereocenters. The number of halogens is 2. The maximum Gasteiger partial charge on any atom is 0.300 e. The SMILES string of the molecule is CCN(CC)c1ccc(C2/C(=C(/O)c3ccc(OC)c(C(C)(C)C)c3)C(=O)C(=O)N2c2ccc(F)c(F)c2)cc1. The maximum atomic E-state index is 14.3. The van der Waals surface area contributed by atoms with Crippen LogP contribution in [0.5, 0.6) is 5.75 Å². The summed E-state index contributed by atoms with van der Waals surface area (Å²) >= 11 is 0. The molecule has 1 saturated heterocycles. The van der Waals surface area contributed by atoms with Crippen molar-refractivity contribution in [3.05, 3.63) is 94.6 Å². The summed E-state index contributed by atoms with van der Waals surface area (Å²) in [5, 5.41) is 11.6. The smallest absolute Gasteiger partial charge is 0.300 e. The van der Waals surface area contributed by atoms with Gasteiger partial charge in [-0.2, -0.15) is 0 Å². The number of carbonyl (C=O) groups is 2. The number of carbonyl (C=O) groups excluding carboxylic acids is 2. The van der Waals surface area contributed by atoms with Crippen LogP contribution in [-0.2, 0) is 15.0 Å². The number of ether oxygens (including phenoxy) is 1. The number of rotatable bonds is 7. The molecule has 1 fully saturated rings. The van der Waals surface area contributed by atoms with Crippen LogP contribution in [0.4, 0.5) is 20.2 Å². The van der Waals surface area contributed by atoms with Gasteiger partial charge in [0, 0.05) is 41.7 Å². The molecule has 0 bridgehead atoms. The van der Waals surface area contributed by atoms with E-state index >= 15 is 0 Å². The van der Waals surface area contributed by atoms with E-state index in [4.69, 9.17) is 4.74 Å². The Kier molecular flexibility index (Phi) is 8.00. The summed E-state index contributed by atoms with van der Waals surface area (Å²) in [7, 11) is 1.55. The Bertz CT molecular complexity index is 1470. The monoisotopic (exact) mass is 548 g/mol. The lowest BCUT2D eigenvalue weighted by atomic mass is 9.84. The fourth-order valence-corrected chi connectivity index (χ4v) is 5.10. The quantitative estimate of drug-likeness (QED) is 0.201. The van der Waals surface area contributed by atoms with Gasteiger partial charge in [0.15, 0.2) is 11.6 Å². The number of amides is 1. The van der Waals surface area contributed by atoms with E-state index in [9.17, 15) is 23.5 Å². The van der Waals surface area contributed by atoms with Gasteiger partial charge in [-0.25, -0.2) is 8.78 Å². The fourth-order valence-electron chi connectivity index (χ4n) is 5.10. The number of aliphatic hydroxyl groups excluding tert-OH is 1. The van der Waals surface area contributed by atoms with Gasteiger partial charge in [0.05, 0.1) is 18.7 Å². The van der Waals surface area contributed by atoms with Crippen molar-refractivity contribution in [3.8, 4) is 5.75 Å². The van der Waals surface area contributed by atoms with E-state index in [1.165, 1.54) is 6.07 Å². The second-order valence-electron chi connectivity index (χ2n) is 10.7. The summed E-state index contributed by atoms with van der Waals surface area (Å²) in [6.45, 7) is 11.6. The molecule has 6 nitrogen and oxygen atoms in total. The molecule has 1 aliphatic heterocycles. The Morgan fingerprint density at radius 2 is 1.60 bits per heavy atom. The van der Waals surface area contributed by atoms with Crippen LogP contribution in [0.25, 0.3) is 5.76 Å². The number of aliphatic hydroxyl groups is 1. The second-order valence-corrected chi connectivity index (χ2v) is 10.7. The Morgan fingerprint density at radius 1 is 0.950 bits per heavy atom. The van der Waals surface area contributed by atoms with Crippen molar-refractivity contribution < 1.29 is 28.2 Å². The van der Waals surface area contributed by atoms with E-state index in [0.29, 0.717) is 16.9 Å². The molecular weight excluding hydrogens is 514 g/mol. The average molecular weight is 549 g/mol. The number of hydrogen-bond acceptors (Lipinski definition) is 5. The molecule has 3 aromatic rings. The van der Waals surface area contributed by atoms with Gasteiger partial charge in [-0.3, -0.25) is 14.5 Å². The molecule has 1 unspecified atom stereocenters. The molecule has 0 spiro atoms. The van der Waals surface area contributed by atoms with Crippen LogP contribution >= 0.6 is 0 Å². The molecule has 0 aromatic heterocycles. The zero-order valence-electron chi connectivity index (χ0n) is 23.6. The lowest BCUT2D eigenvalue weighted by Gasteiger charge is -2.27. The first-order valence-electron chi connectivity index (χ1n) is 13.2. The maximum absolute atomic E-state index is 14.3. The van der Waals surface area contributed by atoms with Crippen molar-refractivity contribution in [2.45, 2.75) is 46.1 Å². The van der Waals surface area contributed by atoms with Crippen molar-refractivity contribution in [2.75, 3.05) is 30.0 Å². The van der Waals surface area contributed by atoms with Crippen LogP contribution in [-0.4, -0.2) is 37.0 Å². The zero-order valence-corrected chi connectivity index (χ0v) is 23.6. The van der Waals surface area contributed by atoms with Crippen LogP contribution in [0.1, 0.15) is 57.4 Å². The van der Waals surface area contributed by atoms with Crippen molar-refractivity contribution in [1.82, 2.24) is 0 Å². The van der Waals surface area contributed by atoms with Crippen molar-refractivity contribution in [2.24, 2.45) is 0 Å². The Morgan fingerprint density at radius 3 is 2.15 bits per heavy atom. The summed E-state index contributed by atoms with van der Waals surface area (Å²) in [4.78, 5) is 30.2. The molecule has 1 N–H and O–H groups in total. The molecule has 0 saturated carbocycles. The van der Waals surface area contributed by atoms with E-state index in [1.807, 2.05) is 46.8 Å². The van der Waals surface area contributed by atoms with Gasteiger partial charge in [0.2, 0.25) is 0 Å². The van der Waals surface area contributed by atoms with Crippen LogP contribution in [0.3, 0.4) is 0 Å². The number of Topliss-reactive ketones (excluding diaryl/α,β-unsaturated/α-hetero) is 1. The van der Waals surface area contributed by atoms with E-state index < -0.39 is 29.4 Å². The Hall–Kier alpha value is -4.20. The minimum atomic E-state index is -1.15. The van der Waals surface area contributed by atoms with Gasteiger partial charge < -0.3 is 14.7 Å². The van der Waals surface area contributed by atoms with Gasteiger partial charge in [0.25, 0.3) is 11.7 Å². The minimum absolute atomic E-state index is 0.00276. The van der Waals surface area contributed by atoms with Gasteiger partial charge in [-0.15, -0.1) is 0 Å². The summed E-state index contributed by atoms with van der Waals surface area (Å²) in [6.07, 6.45) is 0. The van der Waals surface area contributed by atoms with E-state index in [1.54, 1.807) is 37.4 Å². The van der Waals surface area contributed by atoms with E-state index in [-0.39, 0.29) is 22.4 Å². The Labute approximate surface area is 233 Å². The summed E-state index contributed by atoms with van der Waals surface area (Å²) in [6, 6.07) is 14.3. The van der Waals surface area contributed by atoms with Crippen LogP contribution < -0.4 is 14.5 Å². The topological polar surface area (TPSA) is 70.1 Å². The van der Waals surface area contributed by atoms with Gasteiger partial charge in [-0.05, 0) is 67.3 Å². The highest BCUT2D eigenvalue weighted by Gasteiger charge is 2.47. The summed E-state index contributed by atoms with van der Waals surface area (Å²) in [5.41, 5.74) is 2.12. The zero-order chi connectivity index (χ0) is 29.4. The minimum Gasteiger partial charge on any atom is -0.507 e. The predicted octanol–water partition coefficient (Wildman–Crippen LogP) is 6.74. The van der Waals surface area contributed by atoms with E-state index in [0.717, 1.165) is 41.4 Å². The second kappa shape index (κ2) is 11.1. The van der Waals surface area contributed by atoms with E-state index in [2.05, 4.69) is 4.90 Å². The number of methoxy groups -OCH3 is 1. The largest absolute Gasteiger partial charge is 0.507 e. The number of anilines is 2. The van der Waals surface area contributed by atoms with Gasteiger partial charge in [-0.1, -0.05) is 32.9 Å². The molecule has 1 amide bonds. The third-order valence-corrected chi connectivity index (χ3v) is 7.24. The molecule has 0 radical (unpaired) electrons. The number of hydrogen-bond donors (Lipinski definition) is 1. The molecule has 0 aliphatic carbocycles. The van der Waals surface area contributed by atoms with Crippen LogP contribution in [0, 0.1) is 11.6 Å². The first kappa shape index (κ1) is 28.8. The molecule has 1 heterocycles. The predicted molar refractivity (Wildman–Crippen MR) is 153 cm³/mol. The molecular formula is C32H34F2N2O4. The normalized spacial score (nSPS) is 16.9. The van der Waals surface area contributed by atoms with Crippen molar-refractivity contribution in [3.63, 3.8) is 0 Å². The Balaban J connectivity index is 1.95. The van der Waals surface area contributed by atoms with Crippen molar-refractivity contribution in [1.29, 1.82) is 0 Å². The third-order valence-electron chi connectivity index (χ3n) is 7.24. The van der Waals surface area contributed by atoms with Crippen LogP contribution in [0.15, 0.2) is 66.2 Å². The lowest BCUT2D eigenvalue weighted by molar-refractivity contribution is -0.132. The number of ketones is 1. The number of benzene rings is 3. The standard InChI is InChI=1S/C32H34F2N2O4/c1-7-35(8-2)21-12-9-19(10-13-21)28-27(29(37)20-11-16-26(40-6)23(17-20)32(3,4)5)30(38)31(39)36(28)22-14-15-24(33)25(34)18-22/h9-18,28,37H,7-8H2,1-6H3/b29-27-. The first-order valence-corrected chi connectivity index (χ1v) is 13.2. The summed E-state index contributed by atoms with van der Waals surface area (Å²) < 4.78 is 33.6. The third kappa shape index (κ3) is 5.18. The highest BCUT2D eigenvalue weighted by molar-refractivity contribution is 6.51. The van der Waals surface area contributed by atoms with Gasteiger partial charge in [0.1, 0.15) is 11.5 Å². The lowest BCUT2D eigenvalue weighted by Crippen LogP contribution is -2.29. The summed E-state index contributed by atoms with van der Waals surface area (Å²) in [5.74, 6) is -3.85. The first-order chi connectivity index (χ1) is 18.9. The van der Waals surface area contributed by atoms with Crippen molar-refractivity contribution >= 4 is 28.8 Å².